The Morgan fingerprint density at radius 2 is 2.26 bits per heavy atom. The predicted octanol–water partition coefficient (Wildman–Crippen LogP) is 2.07. The maximum Gasteiger partial charge on any atom is 0.240 e. The summed E-state index contributed by atoms with van der Waals surface area (Å²) in [5.41, 5.74) is 0.666. The van der Waals surface area contributed by atoms with Crippen molar-refractivity contribution in [3.05, 3.63) is 28.8 Å². The fourth-order valence-electron chi connectivity index (χ4n) is 2.36. The summed E-state index contributed by atoms with van der Waals surface area (Å²) in [5.74, 6) is 0. The highest BCUT2D eigenvalue weighted by Gasteiger charge is 2.18. The highest BCUT2D eigenvalue weighted by atomic mass is 35.5. The van der Waals surface area contributed by atoms with Gasteiger partial charge in [0, 0.05) is 17.6 Å². The average molecular weight is 303 g/mol. The summed E-state index contributed by atoms with van der Waals surface area (Å²) >= 11 is 5.83. The molecule has 0 saturated carbocycles. The van der Waals surface area contributed by atoms with Crippen LogP contribution in [0, 0.1) is 6.92 Å². The number of hydrogen-bond acceptors (Lipinski definition) is 3. The molecule has 1 aliphatic rings. The molecule has 0 unspecified atom stereocenters. The molecule has 0 bridgehead atoms. The third-order valence-electron chi connectivity index (χ3n) is 3.37. The van der Waals surface area contributed by atoms with E-state index in [0.29, 0.717) is 28.1 Å². The molecule has 4 nitrogen and oxygen atoms in total. The summed E-state index contributed by atoms with van der Waals surface area (Å²) in [6.07, 6.45) is 3.13. The van der Waals surface area contributed by atoms with Gasteiger partial charge in [-0.3, -0.25) is 0 Å². The molecule has 1 fully saturated rings. The van der Waals surface area contributed by atoms with E-state index < -0.39 is 10.0 Å². The molecular formula is C13H19ClN2O2S. The summed E-state index contributed by atoms with van der Waals surface area (Å²) in [6.45, 7) is 3.24. The first-order chi connectivity index (χ1) is 8.99. The second-order valence-electron chi connectivity index (χ2n) is 4.89. The van der Waals surface area contributed by atoms with Crippen molar-refractivity contribution in [3.63, 3.8) is 0 Å². The standard InChI is InChI=1S/C13H19ClN2O2S/c1-10-9-11(14)4-5-13(10)19(17,18)16-8-6-12-3-2-7-15-12/h4-5,9,12,15-16H,2-3,6-8H2,1H3/t12-/m0/s1. The van der Waals surface area contributed by atoms with Crippen LogP contribution < -0.4 is 10.0 Å². The molecule has 2 N–H and O–H groups in total. The molecule has 6 heteroatoms. The molecule has 1 atom stereocenters. The van der Waals surface area contributed by atoms with Crippen molar-refractivity contribution in [2.24, 2.45) is 0 Å². The zero-order valence-corrected chi connectivity index (χ0v) is 12.5. The van der Waals surface area contributed by atoms with E-state index >= 15 is 0 Å². The Hall–Kier alpha value is -0.620. The predicted molar refractivity (Wildman–Crippen MR) is 77.0 cm³/mol. The van der Waals surface area contributed by atoms with E-state index in [1.807, 2.05) is 0 Å². The van der Waals surface area contributed by atoms with Gasteiger partial charge in [0.1, 0.15) is 0 Å². The molecule has 0 aromatic heterocycles. The van der Waals surface area contributed by atoms with Crippen molar-refractivity contribution in [1.82, 2.24) is 10.0 Å². The van der Waals surface area contributed by atoms with Crippen molar-refractivity contribution in [2.45, 2.75) is 37.1 Å². The molecule has 106 valence electrons. The van der Waals surface area contributed by atoms with Gasteiger partial charge in [-0.1, -0.05) is 11.6 Å². The van der Waals surface area contributed by atoms with Crippen LogP contribution in [0.5, 0.6) is 0 Å². The first-order valence-electron chi connectivity index (χ1n) is 6.48. The van der Waals surface area contributed by atoms with Gasteiger partial charge in [0.15, 0.2) is 0 Å². The van der Waals surface area contributed by atoms with Crippen LogP contribution in [0.1, 0.15) is 24.8 Å². The number of nitrogens with one attached hydrogen (secondary N) is 2. The van der Waals surface area contributed by atoms with Gasteiger partial charge in [-0.25, -0.2) is 13.1 Å². The lowest BCUT2D eigenvalue weighted by molar-refractivity contribution is 0.539. The Kier molecular flexibility index (Phi) is 4.84. The first kappa shape index (κ1) is 14.8. The fraction of sp³-hybridized carbons (Fsp3) is 0.538. The van der Waals surface area contributed by atoms with E-state index in [-0.39, 0.29) is 0 Å². The lowest BCUT2D eigenvalue weighted by atomic mass is 10.2. The van der Waals surface area contributed by atoms with E-state index in [2.05, 4.69) is 10.0 Å². The molecule has 0 aliphatic carbocycles. The van der Waals surface area contributed by atoms with Crippen molar-refractivity contribution >= 4 is 21.6 Å². The van der Waals surface area contributed by atoms with Gasteiger partial charge in [0.05, 0.1) is 4.90 Å². The maximum atomic E-state index is 12.2. The molecule has 0 amide bonds. The SMILES string of the molecule is Cc1cc(Cl)ccc1S(=O)(=O)NCC[C@@H]1CCCN1. The molecule has 1 aromatic rings. The van der Waals surface area contributed by atoms with Crippen LogP contribution in [0.3, 0.4) is 0 Å². The molecule has 1 aliphatic heterocycles. The molecule has 0 spiro atoms. The van der Waals surface area contributed by atoms with Gasteiger partial charge < -0.3 is 5.32 Å². The number of sulfonamides is 1. The Morgan fingerprint density at radius 1 is 1.47 bits per heavy atom. The largest absolute Gasteiger partial charge is 0.314 e. The molecule has 1 saturated heterocycles. The van der Waals surface area contributed by atoms with Crippen molar-refractivity contribution in [2.75, 3.05) is 13.1 Å². The summed E-state index contributed by atoms with van der Waals surface area (Å²) in [7, 11) is -3.44. The van der Waals surface area contributed by atoms with Crippen LogP contribution in [0.2, 0.25) is 5.02 Å². The molecule has 1 heterocycles. The minimum absolute atomic E-state index is 0.302. The monoisotopic (exact) mass is 302 g/mol. The zero-order valence-electron chi connectivity index (χ0n) is 10.9. The third-order valence-corrected chi connectivity index (χ3v) is 5.23. The van der Waals surface area contributed by atoms with Gasteiger partial charge in [-0.2, -0.15) is 0 Å². The van der Waals surface area contributed by atoms with E-state index in [4.69, 9.17) is 11.6 Å². The van der Waals surface area contributed by atoms with Gasteiger partial charge in [-0.05, 0) is 56.5 Å². The topological polar surface area (TPSA) is 58.2 Å². The molecular weight excluding hydrogens is 284 g/mol. The summed E-state index contributed by atoms with van der Waals surface area (Å²) in [4.78, 5) is 0.302. The second kappa shape index (κ2) is 6.22. The maximum absolute atomic E-state index is 12.2. The van der Waals surface area contributed by atoms with Gasteiger partial charge >= 0.3 is 0 Å². The van der Waals surface area contributed by atoms with Crippen molar-refractivity contribution in [3.8, 4) is 0 Å². The van der Waals surface area contributed by atoms with E-state index in [9.17, 15) is 8.42 Å². The third kappa shape index (κ3) is 3.92. The van der Waals surface area contributed by atoms with Crippen LogP contribution in [0.15, 0.2) is 23.1 Å². The summed E-state index contributed by atoms with van der Waals surface area (Å²) < 4.78 is 27.0. The lowest BCUT2D eigenvalue weighted by Gasteiger charge is -2.12. The first-order valence-corrected chi connectivity index (χ1v) is 8.34. The van der Waals surface area contributed by atoms with Gasteiger partial charge in [-0.15, -0.1) is 0 Å². The zero-order chi connectivity index (χ0) is 13.9. The van der Waals surface area contributed by atoms with Crippen LogP contribution in [0.4, 0.5) is 0 Å². The highest BCUT2D eigenvalue weighted by Crippen LogP contribution is 2.19. The van der Waals surface area contributed by atoms with Crippen LogP contribution in [-0.2, 0) is 10.0 Å². The Bertz CT molecular complexity index is 540. The average Bonchev–Trinajstić information content (AvgIpc) is 2.81. The fourth-order valence-corrected chi connectivity index (χ4v) is 3.86. The summed E-state index contributed by atoms with van der Waals surface area (Å²) in [6, 6.07) is 5.25. The Morgan fingerprint density at radius 3 is 2.89 bits per heavy atom. The lowest BCUT2D eigenvalue weighted by Crippen LogP contribution is -2.31. The quantitative estimate of drug-likeness (QED) is 0.875. The van der Waals surface area contributed by atoms with E-state index in [1.54, 1.807) is 25.1 Å². The van der Waals surface area contributed by atoms with E-state index in [0.717, 1.165) is 19.4 Å². The number of halogens is 1. The second-order valence-corrected chi connectivity index (χ2v) is 7.06. The van der Waals surface area contributed by atoms with E-state index in [1.165, 1.54) is 6.42 Å². The van der Waals surface area contributed by atoms with Gasteiger partial charge in [0.2, 0.25) is 10.0 Å². The van der Waals surface area contributed by atoms with Crippen LogP contribution >= 0.6 is 11.6 Å². The van der Waals surface area contributed by atoms with Crippen molar-refractivity contribution < 1.29 is 8.42 Å². The molecule has 0 radical (unpaired) electrons. The number of rotatable bonds is 5. The number of hydrogen-bond donors (Lipinski definition) is 2. The van der Waals surface area contributed by atoms with Crippen LogP contribution in [-0.4, -0.2) is 27.5 Å². The van der Waals surface area contributed by atoms with Crippen molar-refractivity contribution in [1.29, 1.82) is 0 Å². The Labute approximate surface area is 119 Å². The Balaban J connectivity index is 1.97. The minimum atomic E-state index is -3.44. The van der Waals surface area contributed by atoms with Gasteiger partial charge in [0.25, 0.3) is 0 Å². The molecule has 2 rings (SSSR count). The van der Waals surface area contributed by atoms with Crippen LogP contribution in [0.25, 0.3) is 0 Å². The number of benzene rings is 1. The normalized spacial score (nSPS) is 19.8. The number of aryl methyl sites for hydroxylation is 1. The molecule has 19 heavy (non-hydrogen) atoms. The minimum Gasteiger partial charge on any atom is -0.314 e. The summed E-state index contributed by atoms with van der Waals surface area (Å²) in [5, 5.41) is 3.90. The smallest absolute Gasteiger partial charge is 0.240 e. The molecule has 1 aromatic carbocycles. The highest BCUT2D eigenvalue weighted by molar-refractivity contribution is 7.89.